The van der Waals surface area contributed by atoms with Crippen LogP contribution in [0.3, 0.4) is 0 Å². The number of likely N-dealkylation sites (N-methyl/N-ethyl adjacent to an activating group) is 1. The lowest BCUT2D eigenvalue weighted by Gasteiger charge is -2.25. The summed E-state index contributed by atoms with van der Waals surface area (Å²) in [6, 6.07) is 8.16. The molecule has 104 valence electrons. The molecule has 3 nitrogen and oxygen atoms in total. The topological polar surface area (TPSA) is 33.5 Å². The van der Waals surface area contributed by atoms with Crippen molar-refractivity contribution in [2.45, 2.75) is 31.9 Å². The van der Waals surface area contributed by atoms with Crippen LogP contribution in [0.25, 0.3) is 11.0 Å². The van der Waals surface area contributed by atoms with Crippen LogP contribution in [0.1, 0.15) is 26.3 Å². The van der Waals surface area contributed by atoms with Crippen molar-refractivity contribution in [2.75, 3.05) is 13.6 Å². The van der Waals surface area contributed by atoms with Crippen LogP contribution in [0.15, 0.2) is 34.9 Å². The van der Waals surface area contributed by atoms with Gasteiger partial charge in [0, 0.05) is 11.9 Å². The molecule has 1 aromatic carbocycles. The van der Waals surface area contributed by atoms with Crippen molar-refractivity contribution in [3.8, 4) is 0 Å². The Labute approximate surface area is 117 Å². The third kappa shape index (κ3) is 3.45. The first-order chi connectivity index (χ1) is 8.88. The van der Waals surface area contributed by atoms with E-state index in [9.17, 15) is 4.21 Å². The van der Waals surface area contributed by atoms with Crippen LogP contribution in [-0.2, 0) is 17.4 Å². The number of fused-ring (bicyclic) bond motifs is 1. The minimum absolute atomic E-state index is 0.205. The Balaban J connectivity index is 2.00. The van der Waals surface area contributed by atoms with E-state index in [0.29, 0.717) is 0 Å². The van der Waals surface area contributed by atoms with Crippen molar-refractivity contribution in [1.29, 1.82) is 0 Å². The maximum atomic E-state index is 12.2. The predicted molar refractivity (Wildman–Crippen MR) is 80.4 cm³/mol. The molecule has 0 aliphatic carbocycles. The summed E-state index contributed by atoms with van der Waals surface area (Å²) in [5.74, 6) is 0. The van der Waals surface area contributed by atoms with E-state index in [2.05, 4.69) is 12.1 Å². The summed E-state index contributed by atoms with van der Waals surface area (Å²) in [5, 5.41) is 1.12. The molecular weight excluding hydrogens is 258 g/mol. The summed E-state index contributed by atoms with van der Waals surface area (Å²) in [6.07, 6.45) is 2.59. The normalized spacial score (nSPS) is 14.2. The van der Waals surface area contributed by atoms with Crippen molar-refractivity contribution in [3.63, 3.8) is 0 Å². The molecule has 0 N–H and O–H groups in total. The van der Waals surface area contributed by atoms with Crippen LogP contribution >= 0.6 is 0 Å². The zero-order valence-electron chi connectivity index (χ0n) is 12.0. The molecule has 0 bridgehead atoms. The summed E-state index contributed by atoms with van der Waals surface area (Å²) in [7, 11) is 0.954. The number of hydrogen-bond acceptors (Lipinski definition) is 2. The second-order valence-electron chi connectivity index (χ2n) is 5.76. The van der Waals surface area contributed by atoms with Crippen LogP contribution in [0.4, 0.5) is 0 Å². The predicted octanol–water partition coefficient (Wildman–Crippen LogP) is 3.37. The van der Waals surface area contributed by atoms with Gasteiger partial charge in [-0.2, -0.15) is 0 Å². The lowest BCUT2D eigenvalue weighted by Crippen LogP contribution is -2.36. The Morgan fingerprint density at radius 2 is 2.00 bits per heavy atom. The largest absolute Gasteiger partial charge is 0.464 e. The zero-order chi connectivity index (χ0) is 14.0. The first-order valence-electron chi connectivity index (χ1n) is 6.47. The van der Waals surface area contributed by atoms with Crippen LogP contribution in [0.2, 0.25) is 0 Å². The van der Waals surface area contributed by atoms with Crippen LogP contribution < -0.4 is 0 Å². The van der Waals surface area contributed by atoms with E-state index in [0.717, 1.165) is 23.9 Å². The van der Waals surface area contributed by atoms with Gasteiger partial charge in [0.1, 0.15) is 5.58 Å². The first-order valence-corrected chi connectivity index (χ1v) is 7.58. The van der Waals surface area contributed by atoms with E-state index in [1.54, 1.807) is 6.26 Å². The van der Waals surface area contributed by atoms with Crippen molar-refractivity contribution in [2.24, 2.45) is 0 Å². The monoisotopic (exact) mass is 279 g/mol. The molecule has 0 amide bonds. The van der Waals surface area contributed by atoms with E-state index in [1.165, 1.54) is 5.56 Å². The second-order valence-corrected chi connectivity index (χ2v) is 8.10. The molecule has 0 saturated carbocycles. The summed E-state index contributed by atoms with van der Waals surface area (Å²) in [6.45, 7) is 6.78. The highest BCUT2D eigenvalue weighted by Crippen LogP contribution is 2.18. The van der Waals surface area contributed by atoms with Gasteiger partial charge in [0.05, 0.1) is 22.0 Å². The molecule has 1 heterocycles. The van der Waals surface area contributed by atoms with Gasteiger partial charge < -0.3 is 4.42 Å². The number of rotatable bonds is 4. The molecular formula is C15H21NO2S. The molecule has 0 saturated heterocycles. The van der Waals surface area contributed by atoms with Gasteiger partial charge in [0.2, 0.25) is 0 Å². The Bertz CT molecular complexity index is 583. The molecule has 4 heteroatoms. The zero-order valence-corrected chi connectivity index (χ0v) is 12.8. The third-order valence-electron chi connectivity index (χ3n) is 3.04. The SMILES string of the molecule is CN(CCc1ccc2occc2c1)S(=O)C(C)(C)C. The van der Waals surface area contributed by atoms with E-state index < -0.39 is 11.0 Å². The van der Waals surface area contributed by atoms with Crippen LogP contribution in [-0.4, -0.2) is 26.9 Å². The lowest BCUT2D eigenvalue weighted by molar-refractivity contribution is 0.504. The van der Waals surface area contributed by atoms with Crippen LogP contribution in [0.5, 0.6) is 0 Å². The molecule has 1 aromatic heterocycles. The van der Waals surface area contributed by atoms with Gasteiger partial charge in [-0.1, -0.05) is 6.07 Å². The smallest absolute Gasteiger partial charge is 0.133 e. The molecule has 0 aliphatic heterocycles. The minimum Gasteiger partial charge on any atom is -0.464 e. The minimum atomic E-state index is -0.960. The molecule has 0 spiro atoms. The summed E-state index contributed by atoms with van der Waals surface area (Å²) < 4.78 is 19.2. The fourth-order valence-corrected chi connectivity index (χ4v) is 3.20. The maximum absolute atomic E-state index is 12.2. The summed E-state index contributed by atoms with van der Waals surface area (Å²) in [5.41, 5.74) is 2.15. The highest BCUT2D eigenvalue weighted by molar-refractivity contribution is 7.84. The Morgan fingerprint density at radius 1 is 1.26 bits per heavy atom. The summed E-state index contributed by atoms with van der Waals surface area (Å²) in [4.78, 5) is 0. The second kappa shape index (κ2) is 5.47. The first kappa shape index (κ1) is 14.3. The van der Waals surface area contributed by atoms with Crippen molar-refractivity contribution in [3.05, 3.63) is 36.1 Å². The van der Waals surface area contributed by atoms with E-state index in [-0.39, 0.29) is 4.75 Å². The van der Waals surface area contributed by atoms with Gasteiger partial charge in [0.15, 0.2) is 0 Å². The molecule has 0 radical (unpaired) electrons. The molecule has 1 atom stereocenters. The van der Waals surface area contributed by atoms with Gasteiger partial charge in [0.25, 0.3) is 0 Å². The number of hydrogen-bond donors (Lipinski definition) is 0. The van der Waals surface area contributed by atoms with Gasteiger partial charge in [-0.25, -0.2) is 8.51 Å². The number of benzene rings is 1. The fourth-order valence-electron chi connectivity index (χ4n) is 2.01. The highest BCUT2D eigenvalue weighted by atomic mass is 32.2. The summed E-state index contributed by atoms with van der Waals surface area (Å²) >= 11 is 0. The standard InChI is InChI=1S/C15H21NO2S/c1-15(2,3)19(17)16(4)9-7-12-5-6-14-13(11-12)8-10-18-14/h5-6,8,10-11H,7,9H2,1-4H3. The van der Waals surface area contributed by atoms with Crippen molar-refractivity contribution >= 4 is 22.0 Å². The van der Waals surface area contributed by atoms with Gasteiger partial charge in [-0.15, -0.1) is 0 Å². The lowest BCUT2D eigenvalue weighted by atomic mass is 10.1. The van der Waals surface area contributed by atoms with Crippen LogP contribution in [0, 0.1) is 0 Å². The average molecular weight is 279 g/mol. The average Bonchev–Trinajstić information content (AvgIpc) is 2.81. The Kier molecular flexibility index (Phi) is 4.11. The van der Waals surface area contributed by atoms with Crippen molar-refractivity contribution in [1.82, 2.24) is 4.31 Å². The van der Waals surface area contributed by atoms with Crippen molar-refractivity contribution < 1.29 is 8.63 Å². The molecule has 2 rings (SSSR count). The van der Waals surface area contributed by atoms with E-state index in [4.69, 9.17) is 4.42 Å². The Morgan fingerprint density at radius 3 is 2.68 bits per heavy atom. The van der Waals surface area contributed by atoms with E-state index >= 15 is 0 Å². The molecule has 2 aromatic rings. The quantitative estimate of drug-likeness (QED) is 0.859. The van der Waals surface area contributed by atoms with Gasteiger partial charge in [-0.3, -0.25) is 0 Å². The van der Waals surface area contributed by atoms with E-state index in [1.807, 2.05) is 44.3 Å². The maximum Gasteiger partial charge on any atom is 0.133 e. The van der Waals surface area contributed by atoms with Gasteiger partial charge >= 0.3 is 0 Å². The molecule has 0 aliphatic rings. The number of nitrogens with zero attached hydrogens (tertiary/aromatic N) is 1. The number of furan rings is 1. The molecule has 19 heavy (non-hydrogen) atoms. The Hall–Kier alpha value is -1.13. The molecule has 1 unspecified atom stereocenters. The third-order valence-corrected chi connectivity index (χ3v) is 4.84. The molecule has 0 fully saturated rings. The van der Waals surface area contributed by atoms with Gasteiger partial charge in [-0.05, 0) is 58.0 Å². The highest BCUT2D eigenvalue weighted by Gasteiger charge is 2.23. The fraction of sp³-hybridized carbons (Fsp3) is 0.467.